The number of allylic oxidation sites excluding steroid dienone is 2. The highest BCUT2D eigenvalue weighted by molar-refractivity contribution is 5.99. The quantitative estimate of drug-likeness (QED) is 0.0336. The maximum atomic E-state index is 13.0. The summed E-state index contributed by atoms with van der Waals surface area (Å²) in [7, 11) is 4.37. The molecule has 0 N–H and O–H groups in total. The number of benzene rings is 1. The van der Waals surface area contributed by atoms with Gasteiger partial charge in [-0.25, -0.2) is 4.79 Å². The van der Waals surface area contributed by atoms with Gasteiger partial charge in [0, 0.05) is 37.5 Å². The topological polar surface area (TPSA) is 150 Å². The molecule has 1 aliphatic heterocycles. The number of fused-ring (bicyclic) bond motifs is 1. The van der Waals surface area contributed by atoms with Crippen molar-refractivity contribution in [1.82, 2.24) is 0 Å². The Bertz CT molecular complexity index is 1240. The molecule has 1 aliphatic rings. The van der Waals surface area contributed by atoms with Crippen LogP contribution in [-0.4, -0.2) is 71.0 Å². The Kier molecular flexibility index (Phi) is 18.2. The summed E-state index contributed by atoms with van der Waals surface area (Å²) in [4.78, 5) is 59.6. The number of esters is 4. The monoisotopic (exact) mass is 662 g/mol. The minimum absolute atomic E-state index is 0.0304. The van der Waals surface area contributed by atoms with Crippen LogP contribution >= 0.6 is 0 Å². The number of carbonyl (C=O) groups excluding carboxylic acids is 5. The molecule has 12 nitrogen and oxygen atoms in total. The molecule has 1 atom stereocenters. The molecule has 0 spiro atoms. The van der Waals surface area contributed by atoms with Gasteiger partial charge in [0.1, 0.15) is 24.5 Å². The van der Waals surface area contributed by atoms with E-state index in [4.69, 9.17) is 28.4 Å². The molecule has 1 aromatic carbocycles. The normalized spacial score (nSPS) is 13.0. The third-order valence-corrected chi connectivity index (χ3v) is 7.96. The van der Waals surface area contributed by atoms with Crippen LogP contribution in [0.5, 0.6) is 11.5 Å². The summed E-state index contributed by atoms with van der Waals surface area (Å²) in [6, 6.07) is 0. The van der Waals surface area contributed by atoms with Crippen molar-refractivity contribution in [2.45, 2.75) is 110 Å². The second-order valence-electron chi connectivity index (χ2n) is 11.5. The summed E-state index contributed by atoms with van der Waals surface area (Å²) in [6.45, 7) is 4.29. The lowest BCUT2D eigenvalue weighted by atomic mass is 9.94. The summed E-state index contributed by atoms with van der Waals surface area (Å²) in [5.74, 6) is -0.875. The van der Waals surface area contributed by atoms with Crippen LogP contribution in [0.1, 0.15) is 111 Å². The summed E-state index contributed by atoms with van der Waals surface area (Å²) in [6.07, 6.45) is 10.0. The molecule has 12 heteroatoms. The van der Waals surface area contributed by atoms with Crippen molar-refractivity contribution in [3.05, 3.63) is 33.9 Å². The summed E-state index contributed by atoms with van der Waals surface area (Å²) in [5.41, 5.74) is 3.22. The SMILES string of the molecule is COCC(COC=O)OC(=O)CCCCCCCCCCC(=O)Oc1c(C/C=C(\C)CCC(=O)OC)c(OC)c(C)c2c1C(=O)OC2. The average Bonchev–Trinajstić information content (AvgIpc) is 3.45. The van der Waals surface area contributed by atoms with Gasteiger partial charge < -0.3 is 33.2 Å². The van der Waals surface area contributed by atoms with E-state index in [2.05, 4.69) is 4.74 Å². The van der Waals surface area contributed by atoms with Crippen LogP contribution in [0.3, 0.4) is 0 Å². The standard InChI is InChI=1S/C35H50O12/c1-24(17-19-29(37)42-4)16-18-27-33(43-5)25(2)28-22-45-35(40)32(28)34(27)47-31(39)15-13-11-9-7-6-8-10-12-14-30(38)46-26(20-41-3)21-44-23-36/h16,23,26H,6-15,17-22H2,1-5H3/b24-16+. The highest BCUT2D eigenvalue weighted by atomic mass is 16.6. The first-order chi connectivity index (χ1) is 22.7. The maximum Gasteiger partial charge on any atom is 0.342 e. The molecule has 0 saturated carbocycles. The average molecular weight is 663 g/mol. The maximum absolute atomic E-state index is 13.0. The molecule has 262 valence electrons. The first-order valence-electron chi connectivity index (χ1n) is 16.2. The van der Waals surface area contributed by atoms with Crippen molar-refractivity contribution in [1.29, 1.82) is 0 Å². The fourth-order valence-electron chi connectivity index (χ4n) is 5.36. The number of hydrogen-bond acceptors (Lipinski definition) is 12. The van der Waals surface area contributed by atoms with Crippen molar-refractivity contribution in [2.24, 2.45) is 0 Å². The van der Waals surface area contributed by atoms with Crippen LogP contribution in [0.2, 0.25) is 0 Å². The van der Waals surface area contributed by atoms with Gasteiger partial charge >= 0.3 is 23.9 Å². The van der Waals surface area contributed by atoms with Crippen LogP contribution in [0.4, 0.5) is 0 Å². The number of rotatable bonds is 24. The van der Waals surface area contributed by atoms with E-state index in [9.17, 15) is 24.0 Å². The number of unbranched alkanes of at least 4 members (excludes halogenated alkanes) is 7. The van der Waals surface area contributed by atoms with E-state index in [0.29, 0.717) is 55.5 Å². The molecular formula is C35H50O12. The second kappa shape index (κ2) is 21.8. The van der Waals surface area contributed by atoms with Gasteiger partial charge in [0.05, 0.1) is 20.8 Å². The fraction of sp³-hybridized carbons (Fsp3) is 0.629. The van der Waals surface area contributed by atoms with Crippen molar-refractivity contribution >= 4 is 30.3 Å². The highest BCUT2D eigenvalue weighted by Crippen LogP contribution is 2.43. The van der Waals surface area contributed by atoms with Gasteiger partial charge in [-0.05, 0) is 45.1 Å². The number of ether oxygens (including phenoxy) is 7. The van der Waals surface area contributed by atoms with Gasteiger partial charge in [-0.1, -0.05) is 50.2 Å². The van der Waals surface area contributed by atoms with Crippen LogP contribution in [0.25, 0.3) is 0 Å². The van der Waals surface area contributed by atoms with Crippen LogP contribution in [0.15, 0.2) is 11.6 Å². The lowest BCUT2D eigenvalue weighted by Gasteiger charge is -2.19. The fourth-order valence-corrected chi connectivity index (χ4v) is 5.36. The van der Waals surface area contributed by atoms with E-state index in [1.54, 1.807) is 0 Å². The van der Waals surface area contributed by atoms with Crippen LogP contribution in [0, 0.1) is 6.92 Å². The first kappa shape index (κ1) is 39.2. The van der Waals surface area contributed by atoms with Gasteiger partial charge in [-0.2, -0.15) is 0 Å². The van der Waals surface area contributed by atoms with Crippen molar-refractivity contribution in [2.75, 3.05) is 34.5 Å². The Morgan fingerprint density at radius 1 is 0.830 bits per heavy atom. The van der Waals surface area contributed by atoms with E-state index < -0.39 is 18.0 Å². The molecule has 47 heavy (non-hydrogen) atoms. The van der Waals surface area contributed by atoms with Crippen molar-refractivity contribution in [3.63, 3.8) is 0 Å². The zero-order valence-electron chi connectivity index (χ0n) is 28.4. The van der Waals surface area contributed by atoms with Gasteiger partial charge in [-0.15, -0.1) is 0 Å². The summed E-state index contributed by atoms with van der Waals surface area (Å²) >= 11 is 0. The third kappa shape index (κ3) is 13.4. The predicted octanol–water partition coefficient (Wildman–Crippen LogP) is 5.65. The minimum atomic E-state index is -0.606. The van der Waals surface area contributed by atoms with Gasteiger partial charge in [0.15, 0.2) is 11.9 Å². The lowest BCUT2D eigenvalue weighted by Crippen LogP contribution is -2.27. The van der Waals surface area contributed by atoms with E-state index in [-0.39, 0.29) is 55.9 Å². The summed E-state index contributed by atoms with van der Waals surface area (Å²) < 4.78 is 36.5. The highest BCUT2D eigenvalue weighted by Gasteiger charge is 2.34. The van der Waals surface area contributed by atoms with E-state index in [1.165, 1.54) is 21.3 Å². The first-order valence-corrected chi connectivity index (χ1v) is 16.2. The number of cyclic esters (lactones) is 1. The van der Waals surface area contributed by atoms with E-state index >= 15 is 0 Å². The molecule has 1 unspecified atom stereocenters. The molecule has 0 amide bonds. The largest absolute Gasteiger partial charge is 0.496 e. The van der Waals surface area contributed by atoms with Gasteiger partial charge in [0.2, 0.25) is 0 Å². The Morgan fingerprint density at radius 3 is 2.06 bits per heavy atom. The van der Waals surface area contributed by atoms with Gasteiger partial charge in [0.25, 0.3) is 6.47 Å². The number of carbonyl (C=O) groups is 5. The van der Waals surface area contributed by atoms with Crippen LogP contribution in [-0.2, 0) is 55.9 Å². The molecule has 0 aromatic heterocycles. The predicted molar refractivity (Wildman–Crippen MR) is 171 cm³/mol. The number of methoxy groups -OCH3 is 3. The molecule has 1 aromatic rings. The molecule has 0 bridgehead atoms. The molecule has 0 aliphatic carbocycles. The Balaban J connectivity index is 1.82. The molecule has 2 rings (SSSR count). The Labute approximate surface area is 277 Å². The van der Waals surface area contributed by atoms with E-state index in [0.717, 1.165) is 49.7 Å². The molecule has 0 fully saturated rings. The van der Waals surface area contributed by atoms with Crippen molar-refractivity contribution in [3.8, 4) is 11.5 Å². The minimum Gasteiger partial charge on any atom is -0.496 e. The van der Waals surface area contributed by atoms with Crippen molar-refractivity contribution < 1.29 is 57.1 Å². The number of hydrogen-bond donors (Lipinski definition) is 0. The Hall–Kier alpha value is -3.93. The molecule has 0 saturated heterocycles. The third-order valence-electron chi connectivity index (χ3n) is 7.96. The molecule has 1 heterocycles. The summed E-state index contributed by atoms with van der Waals surface area (Å²) in [5, 5.41) is 0. The zero-order valence-corrected chi connectivity index (χ0v) is 28.4. The van der Waals surface area contributed by atoms with Gasteiger partial charge in [-0.3, -0.25) is 19.2 Å². The van der Waals surface area contributed by atoms with E-state index in [1.807, 2.05) is 19.9 Å². The van der Waals surface area contributed by atoms with Crippen LogP contribution < -0.4 is 9.47 Å². The lowest BCUT2D eigenvalue weighted by molar-refractivity contribution is -0.157. The molecule has 0 radical (unpaired) electrons. The smallest absolute Gasteiger partial charge is 0.342 e. The zero-order chi connectivity index (χ0) is 34.6. The molecular weight excluding hydrogens is 612 g/mol. The Morgan fingerprint density at radius 2 is 1.47 bits per heavy atom. The second-order valence-corrected chi connectivity index (χ2v) is 11.5.